The van der Waals surface area contributed by atoms with Gasteiger partial charge < -0.3 is 0 Å². The molecular weight excluding hydrogens is 365 g/mol. The van der Waals surface area contributed by atoms with E-state index in [2.05, 4.69) is 0 Å². The molecule has 0 bridgehead atoms. The summed E-state index contributed by atoms with van der Waals surface area (Å²) in [6.07, 6.45) is 0. The van der Waals surface area contributed by atoms with Gasteiger partial charge in [0.05, 0.1) is 5.56 Å². The fraction of sp³-hybridized carbons (Fsp3) is 0. The zero-order valence-corrected chi connectivity index (χ0v) is 14.7. The molecule has 3 aromatic carbocycles. The molecule has 0 heterocycles. The maximum atomic E-state index is 13.8. The number of halogens is 1. The van der Waals surface area contributed by atoms with Crippen LogP contribution in [-0.4, -0.2) is 0 Å². The molecule has 0 N–H and O–H groups in total. The number of nitrogens with zero attached hydrogens (tertiary/aromatic N) is 5. The van der Waals surface area contributed by atoms with E-state index < -0.39 is 5.82 Å². The van der Waals surface area contributed by atoms with Gasteiger partial charge in [0.25, 0.3) is 0 Å². The third kappa shape index (κ3) is 3.13. The lowest BCUT2D eigenvalue weighted by Crippen LogP contribution is -2.19. The minimum atomic E-state index is -0.704. The van der Waals surface area contributed by atoms with Gasteiger partial charge in [0.15, 0.2) is 0 Å². The Bertz CT molecular complexity index is 1480. The molecule has 0 aliphatic rings. The van der Waals surface area contributed by atoms with Crippen molar-refractivity contribution in [3.63, 3.8) is 0 Å². The molecule has 6 heteroatoms. The molecule has 0 radical (unpaired) electrons. The monoisotopic (exact) mass is 373 g/mol. The summed E-state index contributed by atoms with van der Waals surface area (Å²) in [6.45, 7) is 0. The normalized spacial score (nSPS) is 9.38. The van der Waals surface area contributed by atoms with E-state index in [1.54, 1.807) is 30.3 Å². The van der Waals surface area contributed by atoms with E-state index in [0.717, 1.165) is 6.07 Å². The van der Waals surface area contributed by atoms with E-state index in [9.17, 15) is 25.4 Å². The highest BCUT2D eigenvalue weighted by Crippen LogP contribution is 2.22. The molecule has 3 rings (SSSR count). The van der Waals surface area contributed by atoms with Gasteiger partial charge >= 0.3 is 0 Å². The molecule has 0 fully saturated rings. The topological polar surface area (TPSA) is 119 Å². The van der Waals surface area contributed by atoms with E-state index in [4.69, 9.17) is 5.26 Å². The number of nitriles is 5. The summed E-state index contributed by atoms with van der Waals surface area (Å²) < 4.78 is 13.8. The predicted octanol–water partition coefficient (Wildman–Crippen LogP) is 2.91. The third-order valence-corrected chi connectivity index (χ3v) is 4.41. The SMILES string of the molecule is N#CC(C#N)=c1cc(-c2ccc(F)c(C#N)c2)c(=C(C#N)C#N)c2ccccc12. The molecule has 5 nitrogen and oxygen atoms in total. The van der Waals surface area contributed by atoms with Gasteiger partial charge in [0.2, 0.25) is 0 Å². The molecule has 29 heavy (non-hydrogen) atoms. The van der Waals surface area contributed by atoms with Gasteiger partial charge in [-0.2, -0.15) is 26.3 Å². The van der Waals surface area contributed by atoms with E-state index in [-0.39, 0.29) is 16.7 Å². The van der Waals surface area contributed by atoms with Crippen molar-refractivity contribution in [2.24, 2.45) is 0 Å². The lowest BCUT2D eigenvalue weighted by molar-refractivity contribution is 0.624. The lowest BCUT2D eigenvalue weighted by Gasteiger charge is -2.10. The second-order valence-electron chi connectivity index (χ2n) is 5.90. The number of rotatable bonds is 1. The summed E-state index contributed by atoms with van der Waals surface area (Å²) in [4.78, 5) is 0. The maximum absolute atomic E-state index is 13.8. The highest BCUT2D eigenvalue weighted by molar-refractivity contribution is 5.96. The first kappa shape index (κ1) is 18.8. The van der Waals surface area contributed by atoms with Gasteiger partial charge in [-0.05, 0) is 40.1 Å². The largest absolute Gasteiger partial charge is 0.206 e. The molecule has 132 valence electrons. The molecule has 0 amide bonds. The van der Waals surface area contributed by atoms with Crippen molar-refractivity contribution in [3.8, 4) is 41.5 Å². The number of fused-ring (bicyclic) bond motifs is 1. The molecule has 0 saturated heterocycles. The zero-order valence-electron chi connectivity index (χ0n) is 14.7. The number of benzene rings is 3. The average Bonchev–Trinajstić information content (AvgIpc) is 2.76. The Hall–Kier alpha value is -4.96. The van der Waals surface area contributed by atoms with E-state index in [1.165, 1.54) is 18.2 Å². The smallest absolute Gasteiger partial charge is 0.140 e. The quantitative estimate of drug-likeness (QED) is 0.649. The van der Waals surface area contributed by atoms with Gasteiger partial charge in [0.1, 0.15) is 47.3 Å². The van der Waals surface area contributed by atoms with Crippen molar-refractivity contribution in [1.29, 1.82) is 26.3 Å². The first-order valence-electron chi connectivity index (χ1n) is 8.20. The lowest BCUT2D eigenvalue weighted by atomic mass is 9.92. The van der Waals surface area contributed by atoms with Crippen LogP contribution < -0.4 is 10.4 Å². The van der Waals surface area contributed by atoms with Crippen LogP contribution in [0.1, 0.15) is 5.56 Å². The second-order valence-corrected chi connectivity index (χ2v) is 5.90. The van der Waals surface area contributed by atoms with Crippen LogP contribution in [0.5, 0.6) is 0 Å². The minimum absolute atomic E-state index is 0.146. The molecule has 0 unspecified atom stereocenters. The van der Waals surface area contributed by atoms with E-state index in [1.807, 2.05) is 24.3 Å². The third-order valence-electron chi connectivity index (χ3n) is 4.41. The van der Waals surface area contributed by atoms with Crippen LogP contribution in [0, 0.1) is 62.5 Å². The van der Waals surface area contributed by atoms with Crippen molar-refractivity contribution in [2.75, 3.05) is 0 Å². The molecule has 0 saturated carbocycles. The molecular formula is C23H8FN5. The van der Waals surface area contributed by atoms with E-state index >= 15 is 0 Å². The number of hydrogen-bond donors (Lipinski definition) is 0. The van der Waals surface area contributed by atoms with Crippen LogP contribution in [0.15, 0.2) is 48.5 Å². The Morgan fingerprint density at radius 3 is 1.93 bits per heavy atom. The Morgan fingerprint density at radius 1 is 0.724 bits per heavy atom. The molecule has 0 aliphatic heterocycles. The predicted molar refractivity (Wildman–Crippen MR) is 103 cm³/mol. The van der Waals surface area contributed by atoms with Gasteiger partial charge in [-0.15, -0.1) is 0 Å². The second kappa shape index (κ2) is 7.73. The summed E-state index contributed by atoms with van der Waals surface area (Å²) in [7, 11) is 0. The Kier molecular flexibility index (Phi) is 5.02. The van der Waals surface area contributed by atoms with Crippen LogP contribution in [0.4, 0.5) is 4.39 Å². The standard InChI is InChI=1S/C23H8FN5/c24-22-6-5-14(7-15(22)9-25)21-8-20(16(10-26)11-27)18-3-1-2-4-19(18)23(21)17(12-28)13-29/h1-8H. The summed E-state index contributed by atoms with van der Waals surface area (Å²) in [5, 5.41) is 48.5. The van der Waals surface area contributed by atoms with Crippen molar-refractivity contribution < 1.29 is 4.39 Å². The molecule has 3 aromatic rings. The van der Waals surface area contributed by atoms with Crippen LogP contribution in [0.25, 0.3) is 33.0 Å². The first-order valence-corrected chi connectivity index (χ1v) is 8.20. The van der Waals surface area contributed by atoms with Crippen LogP contribution >= 0.6 is 0 Å². The summed E-state index contributed by atoms with van der Waals surface area (Å²) in [5.74, 6) is -0.704. The van der Waals surface area contributed by atoms with Crippen molar-refractivity contribution in [1.82, 2.24) is 0 Å². The fourth-order valence-corrected chi connectivity index (χ4v) is 3.14. The highest BCUT2D eigenvalue weighted by Gasteiger charge is 2.14. The molecule has 0 aromatic heterocycles. The molecule has 0 atom stereocenters. The molecule has 0 aliphatic carbocycles. The van der Waals surface area contributed by atoms with Gasteiger partial charge in [-0.25, -0.2) is 4.39 Å². The maximum Gasteiger partial charge on any atom is 0.140 e. The first-order chi connectivity index (χ1) is 14.1. The zero-order chi connectivity index (χ0) is 21.0. The van der Waals surface area contributed by atoms with Crippen LogP contribution in [-0.2, 0) is 0 Å². The van der Waals surface area contributed by atoms with Gasteiger partial charge in [-0.3, -0.25) is 0 Å². The summed E-state index contributed by atoms with van der Waals surface area (Å²) in [6, 6.07) is 21.3. The molecule has 0 spiro atoms. The van der Waals surface area contributed by atoms with Crippen LogP contribution in [0.3, 0.4) is 0 Å². The summed E-state index contributed by atoms with van der Waals surface area (Å²) in [5.41, 5.74) is 0.191. The summed E-state index contributed by atoms with van der Waals surface area (Å²) >= 11 is 0. The Balaban J connectivity index is 2.73. The van der Waals surface area contributed by atoms with Crippen molar-refractivity contribution in [3.05, 3.63) is 70.3 Å². The average molecular weight is 373 g/mol. The van der Waals surface area contributed by atoms with Crippen LogP contribution in [0.2, 0.25) is 0 Å². The van der Waals surface area contributed by atoms with Gasteiger partial charge in [-0.1, -0.05) is 30.3 Å². The van der Waals surface area contributed by atoms with Crippen molar-refractivity contribution in [2.45, 2.75) is 0 Å². The highest BCUT2D eigenvalue weighted by atomic mass is 19.1. The number of hydrogen-bond acceptors (Lipinski definition) is 5. The Labute approximate surface area is 164 Å². The fourth-order valence-electron chi connectivity index (χ4n) is 3.14. The van der Waals surface area contributed by atoms with Gasteiger partial charge in [0, 0.05) is 10.4 Å². The minimum Gasteiger partial charge on any atom is -0.206 e. The Morgan fingerprint density at radius 2 is 1.34 bits per heavy atom. The van der Waals surface area contributed by atoms with Crippen molar-refractivity contribution >= 4 is 21.9 Å². The van der Waals surface area contributed by atoms with E-state index in [0.29, 0.717) is 32.3 Å².